The molecule has 1 aromatic carbocycles. The van der Waals surface area contributed by atoms with Crippen LogP contribution in [0.25, 0.3) is 0 Å². The highest BCUT2D eigenvalue weighted by Crippen LogP contribution is 2.29. The van der Waals surface area contributed by atoms with E-state index in [1.165, 1.54) is 19.1 Å². The van der Waals surface area contributed by atoms with E-state index >= 15 is 0 Å². The summed E-state index contributed by atoms with van der Waals surface area (Å²) in [5.74, 6) is -5.74. The predicted molar refractivity (Wildman–Crippen MR) is 76.5 cm³/mol. The molecule has 0 saturated heterocycles. The van der Waals surface area contributed by atoms with Gasteiger partial charge in [0, 0.05) is 5.56 Å². The summed E-state index contributed by atoms with van der Waals surface area (Å²) in [5.41, 5.74) is -0.551. The van der Waals surface area contributed by atoms with Crippen LogP contribution in [0.4, 0.5) is 8.78 Å². The molecular weight excluding hydrogens is 294 g/mol. The van der Waals surface area contributed by atoms with Gasteiger partial charge in [-0.15, -0.1) is 0 Å². The highest BCUT2D eigenvalue weighted by Gasteiger charge is 2.42. The van der Waals surface area contributed by atoms with Crippen molar-refractivity contribution in [3.8, 4) is 0 Å². The molecule has 0 radical (unpaired) electrons. The second-order valence-electron chi connectivity index (χ2n) is 5.76. The molecule has 6 heteroatoms. The zero-order chi connectivity index (χ0) is 17.0. The molecule has 0 spiro atoms. The van der Waals surface area contributed by atoms with Crippen LogP contribution in [-0.4, -0.2) is 24.1 Å². The number of esters is 2. The third-order valence-electron chi connectivity index (χ3n) is 2.62. The van der Waals surface area contributed by atoms with E-state index < -0.39 is 29.0 Å². The molecule has 0 saturated carbocycles. The first-order valence-corrected chi connectivity index (χ1v) is 6.92. The average molecular weight is 314 g/mol. The third-order valence-corrected chi connectivity index (χ3v) is 2.62. The van der Waals surface area contributed by atoms with Crippen molar-refractivity contribution in [2.45, 2.75) is 45.6 Å². The molecule has 0 N–H and O–H groups in total. The number of hydrogen-bond acceptors (Lipinski definition) is 4. The molecule has 0 amide bonds. The van der Waals surface area contributed by atoms with Crippen molar-refractivity contribution in [2.24, 2.45) is 0 Å². The van der Waals surface area contributed by atoms with E-state index in [4.69, 9.17) is 4.74 Å². The van der Waals surface area contributed by atoms with Gasteiger partial charge in [0.25, 0.3) is 0 Å². The van der Waals surface area contributed by atoms with Crippen LogP contribution < -0.4 is 0 Å². The van der Waals surface area contributed by atoms with Crippen LogP contribution in [0.1, 0.15) is 38.8 Å². The Balaban J connectivity index is 2.78. The highest BCUT2D eigenvalue weighted by molar-refractivity contribution is 5.79. The molecule has 0 heterocycles. The predicted octanol–water partition coefficient (Wildman–Crippen LogP) is 3.23. The second-order valence-corrected chi connectivity index (χ2v) is 5.76. The van der Waals surface area contributed by atoms with Gasteiger partial charge in [-0.2, -0.15) is 8.78 Å². The molecule has 122 valence electrons. The molecule has 0 aliphatic heterocycles. The van der Waals surface area contributed by atoms with Crippen LogP contribution in [0, 0.1) is 0 Å². The average Bonchev–Trinajstić information content (AvgIpc) is 2.37. The number of benzene rings is 1. The fourth-order valence-corrected chi connectivity index (χ4v) is 1.72. The lowest BCUT2D eigenvalue weighted by Gasteiger charge is -2.19. The Hall–Kier alpha value is -1.98. The summed E-state index contributed by atoms with van der Waals surface area (Å²) in [6, 6.07) is 4.95. The van der Waals surface area contributed by atoms with Crippen molar-refractivity contribution >= 4 is 11.9 Å². The molecule has 1 rings (SSSR count). The van der Waals surface area contributed by atoms with Gasteiger partial charge in [0.15, 0.2) is 0 Å². The monoisotopic (exact) mass is 314 g/mol. The standard InChI is InChI=1S/C16H20F2O4/c1-5-21-14(20)16(17,18)12-8-6-11(7-9-12)10-13(19)22-15(2,3)4/h6-9H,5,10H2,1-4H3. The smallest absolute Gasteiger partial charge is 0.381 e. The van der Waals surface area contributed by atoms with Gasteiger partial charge >= 0.3 is 17.9 Å². The number of hydrogen-bond donors (Lipinski definition) is 0. The fraction of sp³-hybridized carbons (Fsp3) is 0.500. The Bertz CT molecular complexity index is 530. The first-order chi connectivity index (χ1) is 10.1. The van der Waals surface area contributed by atoms with Gasteiger partial charge in [0.05, 0.1) is 13.0 Å². The Kier molecular flexibility index (Phi) is 5.63. The minimum absolute atomic E-state index is 0.0253. The summed E-state index contributed by atoms with van der Waals surface area (Å²) in [5, 5.41) is 0. The molecule has 0 aliphatic carbocycles. The van der Waals surface area contributed by atoms with Crippen molar-refractivity contribution in [2.75, 3.05) is 6.61 Å². The van der Waals surface area contributed by atoms with Crippen LogP contribution in [0.3, 0.4) is 0 Å². The fourth-order valence-electron chi connectivity index (χ4n) is 1.72. The highest BCUT2D eigenvalue weighted by atomic mass is 19.3. The zero-order valence-corrected chi connectivity index (χ0v) is 13.1. The first-order valence-electron chi connectivity index (χ1n) is 6.92. The van der Waals surface area contributed by atoms with E-state index in [1.807, 2.05) is 0 Å². The Morgan fingerprint density at radius 3 is 2.09 bits per heavy atom. The summed E-state index contributed by atoms with van der Waals surface area (Å²) < 4.78 is 37.1. The van der Waals surface area contributed by atoms with Crippen molar-refractivity contribution in [3.63, 3.8) is 0 Å². The van der Waals surface area contributed by atoms with Crippen molar-refractivity contribution in [1.29, 1.82) is 0 Å². The lowest BCUT2D eigenvalue weighted by atomic mass is 10.0. The zero-order valence-electron chi connectivity index (χ0n) is 13.1. The normalized spacial score (nSPS) is 11.9. The number of rotatable bonds is 5. The van der Waals surface area contributed by atoms with Gasteiger partial charge in [0.1, 0.15) is 5.60 Å². The molecule has 0 aliphatic rings. The number of ether oxygens (including phenoxy) is 2. The minimum Gasteiger partial charge on any atom is -0.461 e. The van der Waals surface area contributed by atoms with E-state index in [2.05, 4.69) is 4.74 Å². The van der Waals surface area contributed by atoms with Gasteiger partial charge in [-0.05, 0) is 33.3 Å². The summed E-state index contributed by atoms with van der Waals surface area (Å²) >= 11 is 0. The van der Waals surface area contributed by atoms with Crippen molar-refractivity contribution < 1.29 is 27.8 Å². The molecule has 0 atom stereocenters. The van der Waals surface area contributed by atoms with E-state index in [-0.39, 0.29) is 13.0 Å². The molecule has 0 unspecified atom stereocenters. The van der Waals surface area contributed by atoms with Gasteiger partial charge < -0.3 is 9.47 Å². The van der Waals surface area contributed by atoms with Crippen LogP contribution in [0.5, 0.6) is 0 Å². The van der Waals surface area contributed by atoms with Crippen LogP contribution in [0.2, 0.25) is 0 Å². The Morgan fingerprint density at radius 1 is 1.09 bits per heavy atom. The number of halogens is 2. The molecule has 1 aromatic rings. The third kappa shape index (κ3) is 5.09. The van der Waals surface area contributed by atoms with Gasteiger partial charge in [-0.3, -0.25) is 4.79 Å². The molecule has 0 aromatic heterocycles. The van der Waals surface area contributed by atoms with Crippen molar-refractivity contribution in [1.82, 2.24) is 0 Å². The van der Waals surface area contributed by atoms with E-state index in [9.17, 15) is 18.4 Å². The second kappa shape index (κ2) is 6.85. The summed E-state index contributed by atoms with van der Waals surface area (Å²) in [6.07, 6.45) is -0.0253. The Labute approximate surface area is 128 Å². The number of carbonyl (C=O) groups is 2. The Morgan fingerprint density at radius 2 is 1.64 bits per heavy atom. The van der Waals surface area contributed by atoms with E-state index in [1.54, 1.807) is 20.8 Å². The minimum atomic E-state index is -3.71. The number of alkyl halides is 2. The maximum absolute atomic E-state index is 13.8. The molecule has 4 nitrogen and oxygen atoms in total. The van der Waals surface area contributed by atoms with E-state index in [0.717, 1.165) is 12.1 Å². The largest absolute Gasteiger partial charge is 0.461 e. The van der Waals surface area contributed by atoms with Gasteiger partial charge in [0.2, 0.25) is 0 Å². The molecular formula is C16H20F2O4. The van der Waals surface area contributed by atoms with Crippen molar-refractivity contribution in [3.05, 3.63) is 35.4 Å². The van der Waals surface area contributed by atoms with Gasteiger partial charge in [-0.1, -0.05) is 24.3 Å². The lowest BCUT2D eigenvalue weighted by molar-refractivity contribution is -0.173. The summed E-state index contributed by atoms with van der Waals surface area (Å²) in [7, 11) is 0. The lowest BCUT2D eigenvalue weighted by Crippen LogP contribution is -2.28. The van der Waals surface area contributed by atoms with Crippen LogP contribution >= 0.6 is 0 Å². The molecule has 22 heavy (non-hydrogen) atoms. The van der Waals surface area contributed by atoms with E-state index in [0.29, 0.717) is 5.56 Å². The SMILES string of the molecule is CCOC(=O)C(F)(F)c1ccc(CC(=O)OC(C)(C)C)cc1. The van der Waals surface area contributed by atoms with Gasteiger partial charge in [-0.25, -0.2) is 4.79 Å². The molecule has 0 bridgehead atoms. The number of carbonyl (C=O) groups excluding carboxylic acids is 2. The first kappa shape index (κ1) is 18.1. The maximum Gasteiger partial charge on any atom is 0.381 e. The van der Waals surface area contributed by atoms with Crippen LogP contribution in [-0.2, 0) is 31.4 Å². The maximum atomic E-state index is 13.8. The molecule has 0 fully saturated rings. The quantitative estimate of drug-likeness (QED) is 0.783. The topological polar surface area (TPSA) is 52.6 Å². The summed E-state index contributed by atoms with van der Waals surface area (Å²) in [4.78, 5) is 22.9. The summed E-state index contributed by atoms with van der Waals surface area (Å²) in [6.45, 7) is 6.57. The van der Waals surface area contributed by atoms with Crippen LogP contribution in [0.15, 0.2) is 24.3 Å².